The van der Waals surface area contributed by atoms with Gasteiger partial charge in [0.15, 0.2) is 5.69 Å². The maximum absolute atomic E-state index is 9.76. The molecule has 0 aromatic carbocycles. The van der Waals surface area contributed by atoms with E-state index in [1.165, 1.54) is 0 Å². The van der Waals surface area contributed by atoms with Crippen molar-refractivity contribution in [3.05, 3.63) is 34.8 Å². The van der Waals surface area contributed by atoms with Gasteiger partial charge in [-0.2, -0.15) is 5.26 Å². The minimum atomic E-state index is 0.467. The first-order valence-electron chi connectivity index (χ1n) is 9.91. The molecule has 8 nitrogen and oxygen atoms in total. The second-order valence-electron chi connectivity index (χ2n) is 7.22. The highest BCUT2D eigenvalue weighted by Gasteiger charge is 2.26. The second kappa shape index (κ2) is 7.97. The lowest BCUT2D eigenvalue weighted by Crippen LogP contribution is -2.46. The molecule has 0 bridgehead atoms. The lowest BCUT2D eigenvalue weighted by molar-refractivity contribution is 0.271. The molecule has 4 N–H and O–H groups in total. The third-order valence-electron chi connectivity index (χ3n) is 5.69. The van der Waals surface area contributed by atoms with Crippen LogP contribution in [-0.4, -0.2) is 67.4 Å². The number of piperazine rings is 1. The molecule has 0 spiro atoms. The quantitative estimate of drug-likeness (QED) is 0.688. The zero-order valence-corrected chi connectivity index (χ0v) is 16.9. The Morgan fingerprint density at radius 1 is 1.38 bits per heavy atom. The molecular weight excluding hydrogens is 364 g/mol. The molecule has 0 saturated carbocycles. The Morgan fingerprint density at radius 2 is 2.17 bits per heavy atom. The van der Waals surface area contributed by atoms with E-state index in [4.69, 9.17) is 5.73 Å². The Bertz CT molecular complexity index is 1040. The Morgan fingerprint density at radius 3 is 2.83 bits per heavy atom. The summed E-state index contributed by atoms with van der Waals surface area (Å²) >= 11 is 0. The van der Waals surface area contributed by atoms with E-state index < -0.39 is 0 Å². The van der Waals surface area contributed by atoms with E-state index in [-0.39, 0.29) is 0 Å². The van der Waals surface area contributed by atoms with Crippen LogP contribution >= 0.6 is 0 Å². The molecular formula is C21H26N8. The van der Waals surface area contributed by atoms with Crippen molar-refractivity contribution in [3.63, 3.8) is 0 Å². The molecule has 0 unspecified atom stereocenters. The number of nitriles is 1. The standard InChI is InChI=1S/C21H26N8/c1-3-28-4-6-29(7-5-28)20-17(10-23)25-13-18-19(20)16-8-14(12-26-21(16)27-18)15(9-22)11-24-2/h8-9,11,13,26-27H,3-7,12,22H2,1-2H3. The summed E-state index contributed by atoms with van der Waals surface area (Å²) in [6.07, 6.45) is 7.23. The Balaban J connectivity index is 1.86. The molecule has 4 heterocycles. The maximum atomic E-state index is 9.76. The second-order valence-corrected chi connectivity index (χ2v) is 7.22. The highest BCUT2D eigenvalue weighted by Crippen LogP contribution is 2.39. The Labute approximate surface area is 170 Å². The minimum absolute atomic E-state index is 0.467. The van der Waals surface area contributed by atoms with E-state index in [0.29, 0.717) is 12.2 Å². The van der Waals surface area contributed by atoms with Gasteiger partial charge in [0.2, 0.25) is 0 Å². The molecule has 2 aromatic rings. The van der Waals surface area contributed by atoms with Crippen LogP contribution in [0.1, 0.15) is 18.2 Å². The summed E-state index contributed by atoms with van der Waals surface area (Å²) in [6.45, 7) is 7.60. The van der Waals surface area contributed by atoms with Crippen LogP contribution in [0.3, 0.4) is 0 Å². The predicted octanol–water partition coefficient (Wildman–Crippen LogP) is 1.93. The molecule has 150 valence electrons. The zero-order chi connectivity index (χ0) is 20.4. The van der Waals surface area contributed by atoms with Crippen LogP contribution in [0, 0.1) is 11.3 Å². The number of fused-ring (bicyclic) bond motifs is 3. The fourth-order valence-corrected chi connectivity index (χ4v) is 4.12. The fraction of sp³-hybridized carbons (Fsp3) is 0.381. The van der Waals surface area contributed by atoms with Gasteiger partial charge >= 0.3 is 0 Å². The summed E-state index contributed by atoms with van der Waals surface area (Å²) in [4.78, 5) is 16.7. The molecule has 8 heteroatoms. The number of nitrogens with two attached hydrogens (primary N) is 1. The van der Waals surface area contributed by atoms with Gasteiger partial charge in [-0.15, -0.1) is 0 Å². The smallest absolute Gasteiger partial charge is 0.164 e. The molecule has 29 heavy (non-hydrogen) atoms. The third-order valence-corrected chi connectivity index (χ3v) is 5.69. The van der Waals surface area contributed by atoms with Gasteiger partial charge in [0, 0.05) is 68.7 Å². The van der Waals surface area contributed by atoms with Gasteiger partial charge in [0.1, 0.15) is 11.9 Å². The monoisotopic (exact) mass is 390 g/mol. The van der Waals surface area contributed by atoms with E-state index >= 15 is 0 Å². The van der Waals surface area contributed by atoms with Gasteiger partial charge < -0.3 is 25.8 Å². The van der Waals surface area contributed by atoms with Crippen molar-refractivity contribution in [3.8, 4) is 6.07 Å². The number of H-pyrrole nitrogens is 1. The SMILES string of the molecule is CCN1CCN(c2c(C#N)ncc3[nH]c4c(c23)C=C(C(C=NC)=CN)CN4)CC1. The minimum Gasteiger partial charge on any atom is -0.404 e. The molecule has 0 amide bonds. The van der Waals surface area contributed by atoms with Crippen molar-refractivity contribution in [2.24, 2.45) is 10.7 Å². The number of nitrogens with one attached hydrogen (secondary N) is 2. The summed E-state index contributed by atoms with van der Waals surface area (Å²) in [5.41, 5.74) is 11.1. The predicted molar refractivity (Wildman–Crippen MR) is 118 cm³/mol. The van der Waals surface area contributed by atoms with Crippen molar-refractivity contribution in [2.45, 2.75) is 6.92 Å². The number of hydrogen-bond acceptors (Lipinski definition) is 7. The van der Waals surface area contributed by atoms with Crippen molar-refractivity contribution >= 4 is 34.7 Å². The van der Waals surface area contributed by atoms with Crippen molar-refractivity contribution < 1.29 is 0 Å². The van der Waals surface area contributed by atoms with Gasteiger partial charge in [-0.3, -0.25) is 4.99 Å². The van der Waals surface area contributed by atoms with E-state index in [1.807, 2.05) is 0 Å². The average Bonchev–Trinajstić information content (AvgIpc) is 3.14. The molecule has 0 radical (unpaired) electrons. The number of hydrogen-bond donors (Lipinski definition) is 3. The fourth-order valence-electron chi connectivity index (χ4n) is 4.12. The molecule has 1 fully saturated rings. The third kappa shape index (κ3) is 3.34. The molecule has 2 aliphatic heterocycles. The van der Waals surface area contributed by atoms with Gasteiger partial charge in [-0.05, 0) is 18.2 Å². The number of aromatic amines is 1. The molecule has 0 aliphatic carbocycles. The van der Waals surface area contributed by atoms with Gasteiger partial charge in [0.25, 0.3) is 0 Å². The normalized spacial score (nSPS) is 17.9. The first-order valence-corrected chi connectivity index (χ1v) is 9.91. The number of nitrogens with zero attached hydrogens (tertiary/aromatic N) is 5. The van der Waals surface area contributed by atoms with Crippen LogP contribution in [0.4, 0.5) is 11.5 Å². The largest absolute Gasteiger partial charge is 0.404 e. The highest BCUT2D eigenvalue weighted by molar-refractivity contribution is 6.06. The summed E-state index contributed by atoms with van der Waals surface area (Å²) in [5, 5.41) is 14.2. The van der Waals surface area contributed by atoms with Crippen LogP contribution in [0.5, 0.6) is 0 Å². The van der Waals surface area contributed by atoms with E-state index in [2.05, 4.69) is 49.1 Å². The molecule has 4 rings (SSSR count). The van der Waals surface area contributed by atoms with Crippen molar-refractivity contribution in [1.29, 1.82) is 5.26 Å². The molecule has 2 aromatic heterocycles. The molecule has 0 atom stereocenters. The number of pyridine rings is 1. The van der Waals surface area contributed by atoms with Gasteiger partial charge in [0.05, 0.1) is 17.4 Å². The summed E-state index contributed by atoms with van der Waals surface area (Å²) in [6, 6.07) is 2.30. The van der Waals surface area contributed by atoms with Crippen LogP contribution in [0.25, 0.3) is 17.0 Å². The summed E-state index contributed by atoms with van der Waals surface area (Å²) < 4.78 is 0. The van der Waals surface area contributed by atoms with E-state index in [1.54, 1.807) is 25.7 Å². The van der Waals surface area contributed by atoms with E-state index in [9.17, 15) is 5.26 Å². The van der Waals surface area contributed by atoms with Crippen LogP contribution in [-0.2, 0) is 0 Å². The summed E-state index contributed by atoms with van der Waals surface area (Å²) in [5.74, 6) is 0.943. The maximum Gasteiger partial charge on any atom is 0.164 e. The zero-order valence-electron chi connectivity index (χ0n) is 16.9. The Kier molecular flexibility index (Phi) is 5.23. The lowest BCUT2D eigenvalue weighted by atomic mass is 9.99. The lowest BCUT2D eigenvalue weighted by Gasteiger charge is -2.36. The first-order chi connectivity index (χ1) is 14.2. The number of anilines is 2. The van der Waals surface area contributed by atoms with Gasteiger partial charge in [-0.25, -0.2) is 4.98 Å². The highest BCUT2D eigenvalue weighted by atomic mass is 15.3. The van der Waals surface area contributed by atoms with Crippen molar-refractivity contribution in [2.75, 3.05) is 56.5 Å². The molecule has 1 saturated heterocycles. The summed E-state index contributed by atoms with van der Waals surface area (Å²) in [7, 11) is 1.73. The number of aliphatic imine (C=N–C) groups is 1. The Hall–Kier alpha value is -3.31. The number of likely N-dealkylation sites (N-methyl/N-ethyl adjacent to an activating group) is 1. The topological polar surface area (TPSA) is 109 Å². The van der Waals surface area contributed by atoms with Gasteiger partial charge in [-0.1, -0.05) is 6.92 Å². The first kappa shape index (κ1) is 19.0. The van der Waals surface area contributed by atoms with Crippen LogP contribution in [0.2, 0.25) is 0 Å². The van der Waals surface area contributed by atoms with Crippen molar-refractivity contribution in [1.82, 2.24) is 14.9 Å². The van der Waals surface area contributed by atoms with E-state index in [0.717, 1.165) is 71.8 Å². The molecule has 2 aliphatic rings. The van der Waals surface area contributed by atoms with Crippen LogP contribution < -0.4 is 16.0 Å². The number of rotatable bonds is 4. The van der Waals surface area contributed by atoms with Crippen LogP contribution in [0.15, 0.2) is 28.5 Å². The average molecular weight is 390 g/mol. The number of aromatic nitrogens is 2.